The molecule has 9 heteroatoms. The molecule has 0 saturated carbocycles. The SMILES string of the molecule is Cc1cc(=O)oc2cc(NC(=O)[C@H](CCC(N)=O)NC(=O)[C@@H](N)CC(C)C)ccc12. The van der Waals surface area contributed by atoms with Gasteiger partial charge >= 0.3 is 5.63 Å². The highest BCUT2D eigenvalue weighted by molar-refractivity contribution is 5.99. The van der Waals surface area contributed by atoms with Gasteiger partial charge in [0, 0.05) is 29.6 Å². The van der Waals surface area contributed by atoms with E-state index >= 15 is 0 Å². The van der Waals surface area contributed by atoms with Crippen LogP contribution in [0.25, 0.3) is 11.0 Å². The molecule has 0 fully saturated rings. The van der Waals surface area contributed by atoms with Crippen LogP contribution in [0.4, 0.5) is 5.69 Å². The van der Waals surface area contributed by atoms with E-state index in [1.54, 1.807) is 19.1 Å². The van der Waals surface area contributed by atoms with Gasteiger partial charge in [0.2, 0.25) is 17.7 Å². The molecule has 0 aliphatic rings. The fraction of sp³-hybridized carbons (Fsp3) is 0.429. The Morgan fingerprint density at radius 1 is 1.13 bits per heavy atom. The van der Waals surface area contributed by atoms with Gasteiger partial charge in [-0.25, -0.2) is 4.79 Å². The molecule has 0 radical (unpaired) electrons. The molecule has 1 aromatic carbocycles. The summed E-state index contributed by atoms with van der Waals surface area (Å²) in [6.07, 6.45) is 0.408. The smallest absolute Gasteiger partial charge is 0.336 e. The van der Waals surface area contributed by atoms with Crippen LogP contribution in [0.5, 0.6) is 0 Å². The number of nitrogens with two attached hydrogens (primary N) is 2. The maximum absolute atomic E-state index is 12.8. The van der Waals surface area contributed by atoms with Gasteiger partial charge in [0.1, 0.15) is 11.6 Å². The Hall–Kier alpha value is -3.20. The topological polar surface area (TPSA) is 158 Å². The number of rotatable bonds is 9. The molecule has 162 valence electrons. The summed E-state index contributed by atoms with van der Waals surface area (Å²) < 4.78 is 5.18. The van der Waals surface area contributed by atoms with Gasteiger partial charge in [0.15, 0.2) is 0 Å². The van der Waals surface area contributed by atoms with Crippen LogP contribution in [0.3, 0.4) is 0 Å². The number of primary amides is 1. The zero-order valence-electron chi connectivity index (χ0n) is 17.4. The van der Waals surface area contributed by atoms with E-state index < -0.39 is 35.4 Å². The van der Waals surface area contributed by atoms with Crippen LogP contribution in [0.1, 0.15) is 38.7 Å². The van der Waals surface area contributed by atoms with Crippen LogP contribution in [0.2, 0.25) is 0 Å². The summed E-state index contributed by atoms with van der Waals surface area (Å²) >= 11 is 0. The van der Waals surface area contributed by atoms with Crippen molar-refractivity contribution in [3.05, 3.63) is 40.2 Å². The van der Waals surface area contributed by atoms with Crippen LogP contribution in [0, 0.1) is 12.8 Å². The maximum atomic E-state index is 12.8. The minimum atomic E-state index is -0.997. The molecule has 2 aromatic rings. The van der Waals surface area contributed by atoms with Gasteiger partial charge < -0.3 is 26.5 Å². The molecule has 9 nitrogen and oxygen atoms in total. The van der Waals surface area contributed by atoms with Gasteiger partial charge in [0.25, 0.3) is 0 Å². The molecular formula is C21H28N4O5. The number of fused-ring (bicyclic) bond motifs is 1. The standard InChI is InChI=1S/C21H28N4O5/c1-11(2)8-15(22)20(28)25-16(6-7-18(23)26)21(29)24-13-4-5-14-12(3)9-19(27)30-17(14)10-13/h4-5,9-11,15-16H,6-8,22H2,1-3H3,(H2,23,26)(H,24,29)(H,25,28)/t15-,16-/m0/s1. The van der Waals surface area contributed by atoms with Crippen molar-refractivity contribution >= 4 is 34.4 Å². The van der Waals surface area contributed by atoms with Crippen molar-refractivity contribution in [1.29, 1.82) is 0 Å². The van der Waals surface area contributed by atoms with E-state index in [9.17, 15) is 19.2 Å². The monoisotopic (exact) mass is 416 g/mol. The Bertz CT molecular complexity index is 999. The molecule has 1 heterocycles. The molecule has 0 saturated heterocycles. The Morgan fingerprint density at radius 2 is 1.83 bits per heavy atom. The summed E-state index contributed by atoms with van der Waals surface area (Å²) in [5.74, 6) is -1.39. The number of carbonyl (C=O) groups is 3. The summed E-state index contributed by atoms with van der Waals surface area (Å²) in [7, 11) is 0. The first-order chi connectivity index (χ1) is 14.1. The molecule has 0 aliphatic carbocycles. The third kappa shape index (κ3) is 6.41. The number of hydrogen-bond acceptors (Lipinski definition) is 6. The predicted molar refractivity (Wildman–Crippen MR) is 114 cm³/mol. The molecule has 2 atom stereocenters. The number of anilines is 1. The molecular weight excluding hydrogens is 388 g/mol. The number of benzene rings is 1. The lowest BCUT2D eigenvalue weighted by atomic mass is 10.0. The van der Waals surface area contributed by atoms with Crippen molar-refractivity contribution in [2.75, 3.05) is 5.32 Å². The molecule has 0 spiro atoms. The summed E-state index contributed by atoms with van der Waals surface area (Å²) in [6, 6.07) is 4.52. The predicted octanol–water partition coefficient (Wildman–Crippen LogP) is 1.16. The van der Waals surface area contributed by atoms with Gasteiger partial charge in [-0.05, 0) is 43.4 Å². The highest BCUT2D eigenvalue weighted by Gasteiger charge is 2.25. The van der Waals surface area contributed by atoms with Gasteiger partial charge in [-0.1, -0.05) is 13.8 Å². The zero-order valence-corrected chi connectivity index (χ0v) is 17.4. The van der Waals surface area contributed by atoms with E-state index in [2.05, 4.69) is 10.6 Å². The Morgan fingerprint density at radius 3 is 2.47 bits per heavy atom. The second-order valence-electron chi connectivity index (χ2n) is 7.75. The molecule has 2 rings (SSSR count). The van der Waals surface area contributed by atoms with Gasteiger partial charge in [0.05, 0.1) is 6.04 Å². The largest absolute Gasteiger partial charge is 0.423 e. The Kier molecular flexibility index (Phi) is 7.71. The first-order valence-electron chi connectivity index (χ1n) is 9.76. The van der Waals surface area contributed by atoms with E-state index in [4.69, 9.17) is 15.9 Å². The number of carbonyl (C=O) groups excluding carboxylic acids is 3. The van der Waals surface area contributed by atoms with Crippen LogP contribution in [0.15, 0.2) is 33.5 Å². The second-order valence-corrected chi connectivity index (χ2v) is 7.75. The summed E-state index contributed by atoms with van der Waals surface area (Å²) in [5.41, 5.74) is 12.1. The lowest BCUT2D eigenvalue weighted by molar-refractivity contribution is -0.128. The highest BCUT2D eigenvalue weighted by atomic mass is 16.4. The van der Waals surface area contributed by atoms with Crippen LogP contribution >= 0.6 is 0 Å². The minimum absolute atomic E-state index is 0.0308. The fourth-order valence-electron chi connectivity index (χ4n) is 3.08. The highest BCUT2D eigenvalue weighted by Crippen LogP contribution is 2.21. The molecule has 0 bridgehead atoms. The molecule has 3 amide bonds. The number of amides is 3. The second kappa shape index (κ2) is 10.0. The van der Waals surface area contributed by atoms with E-state index in [0.717, 1.165) is 10.9 Å². The van der Waals surface area contributed by atoms with Crippen molar-refractivity contribution in [3.63, 3.8) is 0 Å². The Balaban J connectivity index is 2.18. The van der Waals surface area contributed by atoms with Crippen LogP contribution in [-0.2, 0) is 14.4 Å². The van der Waals surface area contributed by atoms with E-state index in [0.29, 0.717) is 17.7 Å². The van der Waals surface area contributed by atoms with Crippen LogP contribution < -0.4 is 27.7 Å². The lowest BCUT2D eigenvalue weighted by Gasteiger charge is -2.21. The maximum Gasteiger partial charge on any atom is 0.336 e. The Labute approximate surface area is 174 Å². The number of aryl methyl sites for hydroxylation is 1. The molecule has 30 heavy (non-hydrogen) atoms. The van der Waals surface area contributed by atoms with Gasteiger partial charge in [-0.3, -0.25) is 14.4 Å². The quantitative estimate of drug-likeness (QED) is 0.449. The van der Waals surface area contributed by atoms with Gasteiger partial charge in [-0.15, -0.1) is 0 Å². The average molecular weight is 416 g/mol. The summed E-state index contributed by atoms with van der Waals surface area (Å²) in [6.45, 7) is 5.65. The van der Waals surface area contributed by atoms with Gasteiger partial charge in [-0.2, -0.15) is 0 Å². The first-order valence-corrected chi connectivity index (χ1v) is 9.76. The molecule has 0 aliphatic heterocycles. The van der Waals surface area contributed by atoms with Crippen molar-refractivity contribution < 1.29 is 18.8 Å². The van der Waals surface area contributed by atoms with Crippen LogP contribution in [-0.4, -0.2) is 29.8 Å². The lowest BCUT2D eigenvalue weighted by Crippen LogP contribution is -2.50. The van der Waals surface area contributed by atoms with E-state index in [1.165, 1.54) is 12.1 Å². The number of nitrogens with one attached hydrogen (secondary N) is 2. The average Bonchev–Trinajstić information content (AvgIpc) is 2.63. The first kappa shape index (κ1) is 23.1. The molecule has 6 N–H and O–H groups in total. The zero-order chi connectivity index (χ0) is 22.4. The molecule has 0 unspecified atom stereocenters. The van der Waals surface area contributed by atoms with Crippen molar-refractivity contribution in [3.8, 4) is 0 Å². The van der Waals surface area contributed by atoms with Crippen molar-refractivity contribution in [2.45, 2.75) is 52.1 Å². The fourth-order valence-corrected chi connectivity index (χ4v) is 3.08. The van der Waals surface area contributed by atoms with Crippen molar-refractivity contribution in [1.82, 2.24) is 5.32 Å². The van der Waals surface area contributed by atoms with E-state index in [1.807, 2.05) is 13.8 Å². The van der Waals surface area contributed by atoms with E-state index in [-0.39, 0.29) is 18.8 Å². The summed E-state index contributed by atoms with van der Waals surface area (Å²) in [4.78, 5) is 47.9. The molecule has 1 aromatic heterocycles. The minimum Gasteiger partial charge on any atom is -0.423 e. The van der Waals surface area contributed by atoms with Crippen molar-refractivity contribution in [2.24, 2.45) is 17.4 Å². The third-order valence-electron chi connectivity index (χ3n) is 4.59. The summed E-state index contributed by atoms with van der Waals surface area (Å²) in [5, 5.41) is 6.01. The third-order valence-corrected chi connectivity index (χ3v) is 4.59. The number of hydrogen-bond donors (Lipinski definition) is 4. The normalized spacial score (nSPS) is 13.1.